The van der Waals surface area contributed by atoms with Gasteiger partial charge in [-0.3, -0.25) is 0 Å². The Hall–Kier alpha value is -2.85. The molecule has 1 saturated heterocycles. The van der Waals surface area contributed by atoms with Crippen LogP contribution < -0.4 is 0 Å². The van der Waals surface area contributed by atoms with Crippen LogP contribution in [0.5, 0.6) is 0 Å². The van der Waals surface area contributed by atoms with Crippen LogP contribution >= 0.6 is 0 Å². The molecule has 182 valence electrons. The van der Waals surface area contributed by atoms with E-state index in [1.165, 1.54) is 0 Å². The number of aryl methyl sites for hydroxylation is 1. The lowest BCUT2D eigenvalue weighted by atomic mass is 9.76. The fourth-order valence-electron chi connectivity index (χ4n) is 5.42. The molecule has 4 heteroatoms. The second kappa shape index (κ2) is 10.4. The lowest BCUT2D eigenvalue weighted by Crippen LogP contribution is -2.15. The molecule has 35 heavy (non-hydrogen) atoms. The zero-order chi connectivity index (χ0) is 24.4. The summed E-state index contributed by atoms with van der Waals surface area (Å²) in [4.78, 5) is 0. The summed E-state index contributed by atoms with van der Waals surface area (Å²) in [6.07, 6.45) is 9.34. The molecular formula is C31H31F3O. The smallest absolute Gasteiger partial charge is 0.166 e. The van der Waals surface area contributed by atoms with E-state index in [4.69, 9.17) is 4.74 Å². The van der Waals surface area contributed by atoms with Gasteiger partial charge in [-0.2, -0.15) is 0 Å². The fraction of sp³-hybridized carbons (Fsp3) is 0.355. The molecule has 1 aliphatic carbocycles. The Bertz CT molecular complexity index is 1200. The number of rotatable bonds is 7. The molecule has 1 saturated carbocycles. The molecule has 0 bridgehead atoms. The first-order chi connectivity index (χ1) is 17.0. The summed E-state index contributed by atoms with van der Waals surface area (Å²) in [5.74, 6) is -1.07. The first-order valence-electron chi connectivity index (χ1n) is 12.6. The second-order valence-corrected chi connectivity index (χ2v) is 9.89. The standard InChI is InChI=1S/C31H31F3O/c1-2-3-20-6-11-23(12-7-20)25-16-17-26(31(34)30(25)33)24-13-8-21(9-14-24)4-5-22-10-15-27(28(32)18-22)29-19-35-29/h2-3,6-7,10-12,15-18,21,24,29H,4-5,8-9,13-14,19H2,1H3/b3-2+. The Labute approximate surface area is 205 Å². The van der Waals surface area contributed by atoms with Crippen molar-refractivity contribution in [1.82, 2.24) is 0 Å². The third-order valence-corrected chi connectivity index (χ3v) is 7.57. The largest absolute Gasteiger partial charge is 0.368 e. The highest BCUT2D eigenvalue weighted by molar-refractivity contribution is 5.67. The monoisotopic (exact) mass is 476 g/mol. The summed E-state index contributed by atoms with van der Waals surface area (Å²) in [7, 11) is 0. The number of hydrogen-bond donors (Lipinski definition) is 0. The topological polar surface area (TPSA) is 12.5 Å². The number of hydrogen-bond acceptors (Lipinski definition) is 1. The van der Waals surface area contributed by atoms with Gasteiger partial charge in [-0.25, -0.2) is 13.2 Å². The highest BCUT2D eigenvalue weighted by Crippen LogP contribution is 2.40. The molecule has 1 unspecified atom stereocenters. The third-order valence-electron chi connectivity index (χ3n) is 7.57. The summed E-state index contributed by atoms with van der Waals surface area (Å²) in [5.41, 5.74) is 4.17. The summed E-state index contributed by atoms with van der Waals surface area (Å²) >= 11 is 0. The highest BCUT2D eigenvalue weighted by Gasteiger charge is 2.28. The Kier molecular flexibility index (Phi) is 7.10. The molecule has 2 fully saturated rings. The van der Waals surface area contributed by atoms with E-state index in [-0.39, 0.29) is 17.8 Å². The molecule has 1 aliphatic heterocycles. The summed E-state index contributed by atoms with van der Waals surface area (Å²) in [5, 5.41) is 0. The molecule has 0 spiro atoms. The maximum Gasteiger partial charge on any atom is 0.166 e. The van der Waals surface area contributed by atoms with Gasteiger partial charge < -0.3 is 4.74 Å². The van der Waals surface area contributed by atoms with Crippen LogP contribution in [0.25, 0.3) is 17.2 Å². The van der Waals surface area contributed by atoms with Crippen molar-refractivity contribution in [3.63, 3.8) is 0 Å². The van der Waals surface area contributed by atoms with Gasteiger partial charge in [0, 0.05) is 11.1 Å². The molecule has 1 atom stereocenters. The van der Waals surface area contributed by atoms with Gasteiger partial charge in [-0.05, 0) is 85.6 Å². The first kappa shape index (κ1) is 23.9. The Morgan fingerprint density at radius 2 is 1.57 bits per heavy atom. The SMILES string of the molecule is C/C=C/c1ccc(-c2ccc(C3CCC(CCc4ccc(C5CO5)c(F)c4)CC3)c(F)c2F)cc1. The van der Waals surface area contributed by atoms with Gasteiger partial charge in [0.25, 0.3) is 0 Å². The van der Waals surface area contributed by atoms with Gasteiger partial charge in [-0.15, -0.1) is 0 Å². The zero-order valence-electron chi connectivity index (χ0n) is 20.1. The van der Waals surface area contributed by atoms with Gasteiger partial charge in [-0.1, -0.05) is 60.7 Å². The number of halogens is 3. The molecule has 3 aromatic carbocycles. The average Bonchev–Trinajstić information content (AvgIpc) is 3.71. The van der Waals surface area contributed by atoms with Crippen molar-refractivity contribution in [2.24, 2.45) is 5.92 Å². The van der Waals surface area contributed by atoms with E-state index in [0.29, 0.717) is 34.8 Å². The van der Waals surface area contributed by atoms with E-state index in [2.05, 4.69) is 0 Å². The third kappa shape index (κ3) is 5.38. The lowest BCUT2D eigenvalue weighted by molar-refractivity contribution is 0.305. The minimum atomic E-state index is -0.759. The van der Waals surface area contributed by atoms with Crippen molar-refractivity contribution in [3.8, 4) is 11.1 Å². The first-order valence-corrected chi connectivity index (χ1v) is 12.6. The fourth-order valence-corrected chi connectivity index (χ4v) is 5.42. The van der Waals surface area contributed by atoms with E-state index in [9.17, 15) is 4.39 Å². The summed E-state index contributed by atoms with van der Waals surface area (Å²) in [6.45, 7) is 2.55. The minimum Gasteiger partial charge on any atom is -0.368 e. The molecular weight excluding hydrogens is 445 g/mol. The lowest BCUT2D eigenvalue weighted by Gasteiger charge is -2.29. The molecule has 5 rings (SSSR count). The van der Waals surface area contributed by atoms with Gasteiger partial charge in [0.2, 0.25) is 0 Å². The maximum atomic E-state index is 15.1. The van der Waals surface area contributed by atoms with Gasteiger partial charge >= 0.3 is 0 Å². The van der Waals surface area contributed by atoms with E-state index in [0.717, 1.165) is 49.7 Å². The predicted octanol–water partition coefficient (Wildman–Crippen LogP) is 8.78. The van der Waals surface area contributed by atoms with Crippen molar-refractivity contribution < 1.29 is 17.9 Å². The number of benzene rings is 3. The van der Waals surface area contributed by atoms with Crippen LogP contribution in [0.15, 0.2) is 60.7 Å². The normalized spacial score (nSPS) is 22.0. The van der Waals surface area contributed by atoms with Crippen LogP contribution in [-0.4, -0.2) is 6.61 Å². The van der Waals surface area contributed by atoms with Crippen molar-refractivity contribution in [2.75, 3.05) is 6.61 Å². The van der Waals surface area contributed by atoms with E-state index in [1.54, 1.807) is 18.2 Å². The van der Waals surface area contributed by atoms with Crippen molar-refractivity contribution in [1.29, 1.82) is 0 Å². The Balaban J connectivity index is 1.19. The molecule has 0 aromatic heterocycles. The van der Waals surface area contributed by atoms with Crippen molar-refractivity contribution in [3.05, 3.63) is 100 Å². The van der Waals surface area contributed by atoms with E-state index < -0.39 is 11.6 Å². The van der Waals surface area contributed by atoms with Gasteiger partial charge in [0.05, 0.1) is 6.61 Å². The molecule has 1 nitrogen and oxygen atoms in total. The van der Waals surface area contributed by atoms with Crippen molar-refractivity contribution in [2.45, 2.75) is 57.5 Å². The number of allylic oxidation sites excluding steroid dienone is 1. The molecule has 0 radical (unpaired) electrons. The number of epoxide rings is 1. The number of ether oxygens (including phenoxy) is 1. The van der Waals surface area contributed by atoms with E-state index >= 15 is 8.78 Å². The summed E-state index contributed by atoms with van der Waals surface area (Å²) < 4.78 is 49.6. The minimum absolute atomic E-state index is 0.0436. The van der Waals surface area contributed by atoms with Gasteiger partial charge in [0.15, 0.2) is 11.6 Å². The Morgan fingerprint density at radius 3 is 2.23 bits per heavy atom. The maximum absolute atomic E-state index is 15.1. The quantitative estimate of drug-likeness (QED) is 0.311. The molecule has 2 aliphatic rings. The second-order valence-electron chi connectivity index (χ2n) is 9.89. The molecule has 3 aromatic rings. The highest BCUT2D eigenvalue weighted by atomic mass is 19.2. The van der Waals surface area contributed by atoms with Crippen LogP contribution in [-0.2, 0) is 11.2 Å². The predicted molar refractivity (Wildman–Crippen MR) is 135 cm³/mol. The van der Waals surface area contributed by atoms with Crippen molar-refractivity contribution >= 4 is 6.08 Å². The van der Waals surface area contributed by atoms with Crippen LogP contribution in [0.3, 0.4) is 0 Å². The average molecular weight is 477 g/mol. The molecule has 0 N–H and O–H groups in total. The Morgan fingerprint density at radius 1 is 0.857 bits per heavy atom. The molecule has 1 heterocycles. The van der Waals surface area contributed by atoms with Crippen LogP contribution in [0.1, 0.15) is 73.3 Å². The van der Waals surface area contributed by atoms with Crippen LogP contribution in [0.4, 0.5) is 13.2 Å². The van der Waals surface area contributed by atoms with Crippen LogP contribution in [0.2, 0.25) is 0 Å². The van der Waals surface area contributed by atoms with Gasteiger partial charge in [0.1, 0.15) is 11.9 Å². The summed E-state index contributed by atoms with van der Waals surface area (Å²) in [6, 6.07) is 16.4. The van der Waals surface area contributed by atoms with E-state index in [1.807, 2.05) is 55.5 Å². The zero-order valence-corrected chi connectivity index (χ0v) is 20.1. The molecule has 0 amide bonds. The van der Waals surface area contributed by atoms with Crippen LogP contribution in [0, 0.1) is 23.4 Å².